The van der Waals surface area contributed by atoms with Gasteiger partial charge in [0.2, 0.25) is 0 Å². The number of amides is 1. The molecule has 1 heterocycles. The van der Waals surface area contributed by atoms with Gasteiger partial charge in [0.25, 0.3) is 0 Å². The average Bonchev–Trinajstić information content (AvgIpc) is 3.27. The van der Waals surface area contributed by atoms with Crippen molar-refractivity contribution in [3.05, 3.63) is 71.1 Å². The zero-order chi connectivity index (χ0) is 20.7. The minimum Gasteiger partial charge on any atom is -0.446 e. The van der Waals surface area contributed by atoms with Crippen molar-refractivity contribution in [2.24, 2.45) is 11.8 Å². The number of pyridine rings is 1. The van der Waals surface area contributed by atoms with Gasteiger partial charge in [-0.05, 0) is 97.5 Å². The molecule has 3 aromatic rings. The summed E-state index contributed by atoms with van der Waals surface area (Å²) in [5.41, 5.74) is 2.69. The van der Waals surface area contributed by atoms with Gasteiger partial charge in [-0.25, -0.2) is 9.18 Å². The van der Waals surface area contributed by atoms with E-state index in [4.69, 9.17) is 16.3 Å². The highest BCUT2D eigenvalue weighted by Gasteiger charge is 2.43. The quantitative estimate of drug-likeness (QED) is 0.518. The number of hydrogen-bond acceptors (Lipinski definition) is 3. The summed E-state index contributed by atoms with van der Waals surface area (Å²) >= 11 is 5.87. The number of aromatic nitrogens is 1. The summed E-state index contributed by atoms with van der Waals surface area (Å²) in [5, 5.41) is 4.30. The van der Waals surface area contributed by atoms with Gasteiger partial charge in [0, 0.05) is 22.3 Å². The van der Waals surface area contributed by atoms with Crippen LogP contribution in [0.5, 0.6) is 0 Å². The third kappa shape index (κ3) is 3.86. The predicted molar refractivity (Wildman–Crippen MR) is 115 cm³/mol. The van der Waals surface area contributed by atoms with Crippen molar-refractivity contribution in [1.29, 1.82) is 0 Å². The van der Waals surface area contributed by atoms with Crippen molar-refractivity contribution in [2.75, 3.05) is 5.32 Å². The molecular formula is C24H22ClFN2O2. The number of rotatable bonds is 3. The molecule has 1 N–H and O–H groups in total. The van der Waals surface area contributed by atoms with E-state index in [0.29, 0.717) is 28.5 Å². The summed E-state index contributed by atoms with van der Waals surface area (Å²) in [7, 11) is 0. The first-order valence-corrected chi connectivity index (χ1v) is 10.7. The van der Waals surface area contributed by atoms with Crippen molar-refractivity contribution in [1.82, 2.24) is 4.98 Å². The highest BCUT2D eigenvalue weighted by Crippen LogP contribution is 2.52. The van der Waals surface area contributed by atoms with E-state index in [1.165, 1.54) is 11.6 Å². The molecule has 1 amide bonds. The van der Waals surface area contributed by atoms with Gasteiger partial charge in [-0.15, -0.1) is 0 Å². The Kier molecular flexibility index (Phi) is 5.07. The summed E-state index contributed by atoms with van der Waals surface area (Å²) in [6, 6.07) is 13.8. The van der Waals surface area contributed by atoms with Crippen molar-refractivity contribution in [3.63, 3.8) is 0 Å². The number of anilines is 1. The maximum absolute atomic E-state index is 13.8. The van der Waals surface area contributed by atoms with E-state index in [-0.39, 0.29) is 11.9 Å². The third-order valence-electron chi connectivity index (χ3n) is 6.51. The summed E-state index contributed by atoms with van der Waals surface area (Å²) < 4.78 is 19.5. The van der Waals surface area contributed by atoms with E-state index in [1.54, 1.807) is 36.4 Å². The number of hydrogen-bond donors (Lipinski definition) is 1. The van der Waals surface area contributed by atoms with Gasteiger partial charge >= 0.3 is 6.09 Å². The fourth-order valence-electron chi connectivity index (χ4n) is 5.24. The largest absolute Gasteiger partial charge is 0.446 e. The van der Waals surface area contributed by atoms with Crippen LogP contribution in [0.1, 0.15) is 37.2 Å². The summed E-state index contributed by atoms with van der Waals surface area (Å²) in [4.78, 5) is 16.6. The standard InChI is InChI=1S/C24H22ClFN2O2/c25-17-1-4-19(5-2-17)28-24(29)30-20-11-14-9-16(10-15(14)12-20)21-7-8-27-23-6-3-18(26)13-22(21)23/h1-8,13-16,20H,9-12H2,(H,28,29). The van der Waals surface area contributed by atoms with Gasteiger partial charge in [0.05, 0.1) is 5.52 Å². The van der Waals surface area contributed by atoms with Crippen LogP contribution in [0.25, 0.3) is 10.9 Å². The SMILES string of the molecule is O=C(Nc1ccc(Cl)cc1)OC1CC2CC(c3ccnc4ccc(F)cc34)CC2C1. The van der Waals surface area contributed by atoms with Gasteiger partial charge < -0.3 is 4.74 Å². The number of carbonyl (C=O) groups is 1. The number of nitrogens with zero attached hydrogens (tertiary/aromatic N) is 1. The van der Waals surface area contributed by atoms with Crippen LogP contribution in [0.2, 0.25) is 5.02 Å². The zero-order valence-corrected chi connectivity index (χ0v) is 17.1. The Labute approximate surface area is 179 Å². The van der Waals surface area contributed by atoms with Gasteiger partial charge in [-0.1, -0.05) is 11.6 Å². The second-order valence-corrected chi connectivity index (χ2v) is 8.82. The van der Waals surface area contributed by atoms with Crippen LogP contribution in [0.4, 0.5) is 14.9 Å². The van der Waals surface area contributed by atoms with Crippen molar-refractivity contribution in [3.8, 4) is 0 Å². The molecule has 2 saturated carbocycles. The predicted octanol–water partition coefficient (Wildman–Crippen LogP) is 6.55. The second kappa shape index (κ2) is 7.88. The van der Waals surface area contributed by atoms with Gasteiger partial charge in [-0.3, -0.25) is 10.3 Å². The summed E-state index contributed by atoms with van der Waals surface area (Å²) in [6.07, 6.45) is 5.18. The smallest absolute Gasteiger partial charge is 0.411 e. The lowest BCUT2D eigenvalue weighted by molar-refractivity contribution is 0.109. The van der Waals surface area contributed by atoms with E-state index in [9.17, 15) is 9.18 Å². The molecule has 1 aromatic heterocycles. The minimum absolute atomic E-state index is 0.0557. The molecule has 2 aliphatic rings. The molecule has 2 fully saturated rings. The third-order valence-corrected chi connectivity index (χ3v) is 6.77. The topological polar surface area (TPSA) is 51.2 Å². The Hall–Kier alpha value is -2.66. The molecule has 0 radical (unpaired) electrons. The summed E-state index contributed by atoms with van der Waals surface area (Å²) in [5.74, 6) is 1.23. The Morgan fingerprint density at radius 2 is 1.77 bits per heavy atom. The number of halogens is 2. The lowest BCUT2D eigenvalue weighted by Gasteiger charge is -2.17. The number of nitrogens with one attached hydrogen (secondary N) is 1. The van der Waals surface area contributed by atoms with Crippen molar-refractivity contribution < 1.29 is 13.9 Å². The average molecular weight is 425 g/mol. The van der Waals surface area contributed by atoms with Crippen LogP contribution < -0.4 is 5.32 Å². The van der Waals surface area contributed by atoms with E-state index >= 15 is 0 Å². The molecule has 0 saturated heterocycles. The molecule has 0 aliphatic heterocycles. The zero-order valence-electron chi connectivity index (χ0n) is 16.4. The van der Waals surface area contributed by atoms with Crippen LogP contribution in [0, 0.1) is 17.7 Å². The summed E-state index contributed by atoms with van der Waals surface area (Å²) in [6.45, 7) is 0. The normalized spacial score (nSPS) is 25.3. The maximum atomic E-state index is 13.8. The van der Waals surface area contributed by atoms with E-state index in [2.05, 4.69) is 10.3 Å². The number of carbonyl (C=O) groups excluding carboxylic acids is 1. The Bertz CT molecular complexity index is 1070. The molecule has 30 heavy (non-hydrogen) atoms. The molecule has 6 heteroatoms. The van der Waals surface area contributed by atoms with E-state index in [1.807, 2.05) is 12.3 Å². The van der Waals surface area contributed by atoms with Crippen LogP contribution in [0.15, 0.2) is 54.7 Å². The minimum atomic E-state index is -0.422. The first-order valence-electron chi connectivity index (χ1n) is 10.3. The molecule has 2 aromatic carbocycles. The number of fused-ring (bicyclic) bond motifs is 2. The molecule has 0 bridgehead atoms. The lowest BCUT2D eigenvalue weighted by Crippen LogP contribution is -2.21. The van der Waals surface area contributed by atoms with Crippen LogP contribution in [-0.4, -0.2) is 17.2 Å². The maximum Gasteiger partial charge on any atom is 0.411 e. The van der Waals surface area contributed by atoms with Gasteiger partial charge in [0.15, 0.2) is 0 Å². The fraction of sp³-hybridized carbons (Fsp3) is 0.333. The first kappa shape index (κ1) is 19.3. The molecule has 0 spiro atoms. The van der Waals surface area contributed by atoms with Crippen LogP contribution in [0.3, 0.4) is 0 Å². The molecule has 5 rings (SSSR count). The molecule has 154 valence electrons. The Morgan fingerprint density at radius 3 is 2.50 bits per heavy atom. The lowest BCUT2D eigenvalue weighted by atomic mass is 9.92. The van der Waals surface area contributed by atoms with Crippen molar-refractivity contribution >= 4 is 34.3 Å². The van der Waals surface area contributed by atoms with Crippen LogP contribution in [-0.2, 0) is 4.74 Å². The number of benzene rings is 2. The second-order valence-electron chi connectivity index (χ2n) is 8.38. The highest BCUT2D eigenvalue weighted by atomic mass is 35.5. The Morgan fingerprint density at radius 1 is 1.03 bits per heavy atom. The first-order chi connectivity index (χ1) is 14.5. The highest BCUT2D eigenvalue weighted by molar-refractivity contribution is 6.30. The van der Waals surface area contributed by atoms with Gasteiger partial charge in [-0.2, -0.15) is 0 Å². The fourth-order valence-corrected chi connectivity index (χ4v) is 5.36. The molecule has 2 unspecified atom stereocenters. The number of ether oxygens (including phenoxy) is 1. The molecular weight excluding hydrogens is 403 g/mol. The molecule has 2 atom stereocenters. The molecule has 4 nitrogen and oxygen atoms in total. The Balaban J connectivity index is 1.21. The van der Waals surface area contributed by atoms with Crippen LogP contribution >= 0.6 is 11.6 Å². The molecule has 2 aliphatic carbocycles. The van der Waals surface area contributed by atoms with Gasteiger partial charge in [0.1, 0.15) is 11.9 Å². The van der Waals surface area contributed by atoms with E-state index in [0.717, 1.165) is 36.6 Å². The van der Waals surface area contributed by atoms with Crippen molar-refractivity contribution in [2.45, 2.75) is 37.7 Å². The monoisotopic (exact) mass is 424 g/mol. The van der Waals surface area contributed by atoms with E-state index < -0.39 is 6.09 Å².